The number of aliphatic imine (C=N–C) groups is 1. The third-order valence-electron chi connectivity index (χ3n) is 4.77. The van der Waals surface area contributed by atoms with Crippen molar-refractivity contribution in [2.45, 2.75) is 11.8 Å². The smallest absolute Gasteiger partial charge is 0.283 e. The van der Waals surface area contributed by atoms with Crippen molar-refractivity contribution in [1.29, 1.82) is 0 Å². The average molecular weight is 416 g/mol. The van der Waals surface area contributed by atoms with Gasteiger partial charge in [-0.15, -0.1) is 0 Å². The van der Waals surface area contributed by atoms with Gasteiger partial charge in [0.05, 0.1) is 19.7 Å². The van der Waals surface area contributed by atoms with E-state index < -0.39 is 21.2 Å². The van der Waals surface area contributed by atoms with E-state index in [0.29, 0.717) is 17.1 Å². The average Bonchev–Trinajstić information content (AvgIpc) is 3.25. The summed E-state index contributed by atoms with van der Waals surface area (Å²) in [5.74, 6) is 0.639. The second-order valence-electron chi connectivity index (χ2n) is 6.59. The Morgan fingerprint density at radius 3 is 2.66 bits per heavy atom. The molecule has 1 fully saturated rings. The zero-order chi connectivity index (χ0) is 20.4. The number of fused-ring (bicyclic) bond motifs is 1. The van der Waals surface area contributed by atoms with Gasteiger partial charge in [0.25, 0.3) is 15.9 Å². The van der Waals surface area contributed by atoms with Crippen molar-refractivity contribution in [2.75, 3.05) is 27.1 Å². The summed E-state index contributed by atoms with van der Waals surface area (Å²) < 4.78 is 42.7. The van der Waals surface area contributed by atoms with E-state index in [2.05, 4.69) is 4.99 Å². The summed E-state index contributed by atoms with van der Waals surface area (Å²) in [6, 6.07) is 14.0. The molecular formula is C20H20N2O6S. The van der Waals surface area contributed by atoms with Crippen LogP contribution < -0.4 is 9.47 Å². The Kier molecular flexibility index (Phi) is 5.25. The molecule has 152 valence electrons. The topological polar surface area (TPSA) is 94.5 Å². The highest BCUT2D eigenvalue weighted by Gasteiger charge is 2.50. The Balaban J connectivity index is 1.70. The summed E-state index contributed by atoms with van der Waals surface area (Å²) in [5, 5.41) is -1.14. The number of hydrogen-bond donors (Lipinski definition) is 0. The number of amides is 1. The van der Waals surface area contributed by atoms with Gasteiger partial charge in [-0.1, -0.05) is 36.4 Å². The standard InChI is InChI=1S/C20H20N2O6S/c1-26-10-9-22-20(23)18(19(29(22,24)25)15-5-3-2-4-6-15)21-12-14-7-8-16-17(11-14)28-13-27-16/h2-8,11,19H,9-10,12-13H2,1H3. The van der Waals surface area contributed by atoms with Gasteiger partial charge < -0.3 is 14.2 Å². The van der Waals surface area contributed by atoms with Crippen LogP contribution in [0, 0.1) is 0 Å². The van der Waals surface area contributed by atoms with Crippen LogP contribution in [0.3, 0.4) is 0 Å². The van der Waals surface area contributed by atoms with Crippen LogP contribution in [-0.4, -0.2) is 51.4 Å². The molecular weight excluding hydrogens is 396 g/mol. The molecule has 0 N–H and O–H groups in total. The van der Waals surface area contributed by atoms with Gasteiger partial charge in [-0.25, -0.2) is 12.7 Å². The molecule has 2 heterocycles. The van der Waals surface area contributed by atoms with Crippen LogP contribution in [-0.2, 0) is 26.1 Å². The molecule has 2 aromatic rings. The molecule has 2 aliphatic rings. The van der Waals surface area contributed by atoms with Crippen molar-refractivity contribution in [3.63, 3.8) is 0 Å². The minimum Gasteiger partial charge on any atom is -0.454 e. The molecule has 0 aliphatic carbocycles. The van der Waals surface area contributed by atoms with Crippen LogP contribution >= 0.6 is 0 Å². The molecule has 0 aromatic heterocycles. The zero-order valence-electron chi connectivity index (χ0n) is 15.8. The van der Waals surface area contributed by atoms with Crippen LogP contribution in [0.4, 0.5) is 0 Å². The monoisotopic (exact) mass is 416 g/mol. The molecule has 0 bridgehead atoms. The van der Waals surface area contributed by atoms with E-state index in [0.717, 1.165) is 9.87 Å². The Labute approximate surface area is 168 Å². The number of sulfonamides is 1. The van der Waals surface area contributed by atoms with E-state index in [9.17, 15) is 13.2 Å². The maximum atomic E-state index is 13.1. The lowest BCUT2D eigenvalue weighted by molar-refractivity contribution is -0.119. The quantitative estimate of drug-likeness (QED) is 0.714. The summed E-state index contributed by atoms with van der Waals surface area (Å²) in [4.78, 5) is 17.4. The van der Waals surface area contributed by atoms with E-state index >= 15 is 0 Å². The molecule has 1 amide bonds. The lowest BCUT2D eigenvalue weighted by atomic mass is 10.1. The van der Waals surface area contributed by atoms with E-state index in [4.69, 9.17) is 14.2 Å². The van der Waals surface area contributed by atoms with E-state index in [1.807, 2.05) is 6.07 Å². The summed E-state index contributed by atoms with van der Waals surface area (Å²) >= 11 is 0. The Hall–Kier alpha value is -2.91. The fourth-order valence-corrected chi connectivity index (χ4v) is 5.22. The molecule has 9 heteroatoms. The minimum absolute atomic E-state index is 0.00460. The first-order valence-electron chi connectivity index (χ1n) is 9.05. The summed E-state index contributed by atoms with van der Waals surface area (Å²) in [5.41, 5.74) is 1.30. The van der Waals surface area contributed by atoms with Gasteiger partial charge in [0.15, 0.2) is 16.7 Å². The highest BCUT2D eigenvalue weighted by Crippen LogP contribution is 2.36. The van der Waals surface area contributed by atoms with Crippen molar-refractivity contribution < 1.29 is 27.4 Å². The molecule has 8 nitrogen and oxygen atoms in total. The largest absolute Gasteiger partial charge is 0.454 e. The third kappa shape index (κ3) is 3.58. The summed E-state index contributed by atoms with van der Waals surface area (Å²) in [6.07, 6.45) is 0. The van der Waals surface area contributed by atoms with Gasteiger partial charge in [0.2, 0.25) is 6.79 Å². The molecule has 4 rings (SSSR count). The predicted octanol–water partition coefficient (Wildman–Crippen LogP) is 1.92. The fourth-order valence-electron chi connectivity index (χ4n) is 3.35. The van der Waals surface area contributed by atoms with Crippen LogP contribution in [0.25, 0.3) is 0 Å². The molecule has 0 saturated carbocycles. The minimum atomic E-state index is -3.94. The van der Waals surface area contributed by atoms with Gasteiger partial charge in [-0.2, -0.15) is 0 Å². The first-order chi connectivity index (χ1) is 14.0. The van der Waals surface area contributed by atoms with Crippen molar-refractivity contribution in [3.8, 4) is 11.5 Å². The highest BCUT2D eigenvalue weighted by atomic mass is 32.2. The molecule has 29 heavy (non-hydrogen) atoms. The Bertz CT molecular complexity index is 1050. The Morgan fingerprint density at radius 2 is 1.90 bits per heavy atom. The number of carbonyl (C=O) groups is 1. The normalized spacial score (nSPS) is 21.1. The first kappa shape index (κ1) is 19.4. The molecule has 0 radical (unpaired) electrons. The predicted molar refractivity (Wildman–Crippen MR) is 105 cm³/mol. The number of hydrogen-bond acceptors (Lipinski definition) is 7. The van der Waals surface area contributed by atoms with Gasteiger partial charge in [-0.05, 0) is 23.3 Å². The van der Waals surface area contributed by atoms with Gasteiger partial charge >= 0.3 is 0 Å². The van der Waals surface area contributed by atoms with E-state index in [-0.39, 0.29) is 32.2 Å². The summed E-state index contributed by atoms with van der Waals surface area (Å²) in [6.45, 7) is 0.370. The number of benzene rings is 2. The van der Waals surface area contributed by atoms with Crippen LogP contribution in [0.2, 0.25) is 0 Å². The van der Waals surface area contributed by atoms with E-state index in [1.165, 1.54) is 7.11 Å². The lowest BCUT2D eigenvalue weighted by Gasteiger charge is -2.15. The number of nitrogens with zero attached hydrogens (tertiary/aromatic N) is 2. The van der Waals surface area contributed by atoms with Gasteiger partial charge in [0.1, 0.15) is 5.71 Å². The first-order valence-corrected chi connectivity index (χ1v) is 10.6. The number of rotatable bonds is 6. The summed E-state index contributed by atoms with van der Waals surface area (Å²) in [7, 11) is -2.48. The third-order valence-corrected chi connectivity index (χ3v) is 6.82. The second-order valence-corrected chi connectivity index (χ2v) is 8.54. The lowest BCUT2D eigenvalue weighted by Crippen LogP contribution is -2.34. The number of methoxy groups -OCH3 is 1. The van der Waals surface area contributed by atoms with Crippen molar-refractivity contribution in [3.05, 3.63) is 59.7 Å². The highest BCUT2D eigenvalue weighted by molar-refractivity contribution is 7.91. The van der Waals surface area contributed by atoms with Gasteiger partial charge in [-0.3, -0.25) is 9.79 Å². The SMILES string of the molecule is COCCN1C(=O)C(=NCc2ccc3c(c2)OCO3)C(c2ccccc2)S1(=O)=O. The number of carbonyl (C=O) groups excluding carboxylic acids is 1. The van der Waals surface area contributed by atoms with Crippen LogP contribution in [0.15, 0.2) is 53.5 Å². The van der Waals surface area contributed by atoms with Crippen molar-refractivity contribution >= 4 is 21.6 Å². The van der Waals surface area contributed by atoms with Crippen molar-refractivity contribution in [1.82, 2.24) is 4.31 Å². The second kappa shape index (κ2) is 7.84. The van der Waals surface area contributed by atoms with Crippen molar-refractivity contribution in [2.24, 2.45) is 4.99 Å². The Morgan fingerprint density at radius 1 is 1.14 bits per heavy atom. The zero-order valence-corrected chi connectivity index (χ0v) is 16.6. The van der Waals surface area contributed by atoms with Gasteiger partial charge in [0, 0.05) is 7.11 Å². The molecule has 1 atom stereocenters. The molecule has 0 spiro atoms. The molecule has 1 saturated heterocycles. The molecule has 2 aliphatic heterocycles. The fraction of sp³-hybridized carbons (Fsp3) is 0.300. The van der Waals surface area contributed by atoms with Crippen LogP contribution in [0.1, 0.15) is 16.4 Å². The maximum Gasteiger partial charge on any atom is 0.283 e. The number of ether oxygens (including phenoxy) is 3. The maximum absolute atomic E-state index is 13.1. The van der Waals surface area contributed by atoms with Crippen LogP contribution in [0.5, 0.6) is 11.5 Å². The molecule has 2 aromatic carbocycles. The molecule has 1 unspecified atom stereocenters. The van der Waals surface area contributed by atoms with E-state index in [1.54, 1.807) is 42.5 Å².